The molecule has 5 heteroatoms. The first-order valence-electron chi connectivity index (χ1n) is 7.32. The Morgan fingerprint density at radius 2 is 2.05 bits per heavy atom. The summed E-state index contributed by atoms with van der Waals surface area (Å²) in [6.07, 6.45) is 4.22. The summed E-state index contributed by atoms with van der Waals surface area (Å²) in [5, 5.41) is 3.18. The Labute approximate surface area is 131 Å². The molecule has 0 radical (unpaired) electrons. The predicted octanol–water partition coefficient (Wildman–Crippen LogP) is 2.94. The first-order valence-corrected chi connectivity index (χ1v) is 8.54. The fraction of sp³-hybridized carbons (Fsp3) is 0.562. The SMILES string of the molecule is CSC1(CN=C(N)Nc2ccc(C)c(C)c2)CCOCC1. The Morgan fingerprint density at radius 3 is 2.67 bits per heavy atom. The van der Waals surface area contributed by atoms with E-state index in [1.54, 1.807) is 0 Å². The van der Waals surface area contributed by atoms with E-state index in [-0.39, 0.29) is 4.75 Å². The number of aryl methyl sites for hydroxylation is 2. The number of hydrogen-bond donors (Lipinski definition) is 2. The van der Waals surface area contributed by atoms with Crippen molar-refractivity contribution in [2.45, 2.75) is 31.4 Å². The minimum atomic E-state index is 0.174. The molecule has 116 valence electrons. The summed E-state index contributed by atoms with van der Waals surface area (Å²) in [5.41, 5.74) is 9.54. The summed E-state index contributed by atoms with van der Waals surface area (Å²) in [6, 6.07) is 6.22. The average molecular weight is 307 g/mol. The van der Waals surface area contributed by atoms with Crippen molar-refractivity contribution in [1.29, 1.82) is 0 Å². The molecule has 2 rings (SSSR count). The minimum absolute atomic E-state index is 0.174. The molecule has 3 N–H and O–H groups in total. The fourth-order valence-electron chi connectivity index (χ4n) is 2.41. The summed E-state index contributed by atoms with van der Waals surface area (Å²) in [5.74, 6) is 0.484. The quantitative estimate of drug-likeness (QED) is 0.663. The Hall–Kier alpha value is -1.20. The number of ether oxygens (including phenoxy) is 1. The van der Waals surface area contributed by atoms with Crippen molar-refractivity contribution in [2.75, 3.05) is 31.3 Å². The summed E-state index contributed by atoms with van der Waals surface area (Å²) < 4.78 is 5.62. The lowest BCUT2D eigenvalue weighted by molar-refractivity contribution is 0.0794. The van der Waals surface area contributed by atoms with Crippen LogP contribution in [0.3, 0.4) is 0 Å². The van der Waals surface area contributed by atoms with E-state index < -0.39 is 0 Å². The van der Waals surface area contributed by atoms with Crippen LogP contribution in [0.25, 0.3) is 0 Å². The number of hydrogen-bond acceptors (Lipinski definition) is 3. The molecule has 0 atom stereocenters. The van der Waals surface area contributed by atoms with E-state index in [2.05, 4.69) is 42.5 Å². The Balaban J connectivity index is 1.98. The van der Waals surface area contributed by atoms with Crippen molar-refractivity contribution in [3.05, 3.63) is 29.3 Å². The molecular formula is C16H25N3OS. The third kappa shape index (κ3) is 4.38. The average Bonchev–Trinajstić information content (AvgIpc) is 2.50. The van der Waals surface area contributed by atoms with E-state index in [0.29, 0.717) is 5.96 Å². The standard InChI is InChI=1S/C16H25N3OS/c1-12-4-5-14(10-13(12)2)19-15(17)18-11-16(21-3)6-8-20-9-7-16/h4-5,10H,6-9,11H2,1-3H3,(H3,17,18,19). The van der Waals surface area contributed by atoms with Gasteiger partial charge in [0.15, 0.2) is 5.96 Å². The lowest BCUT2D eigenvalue weighted by atomic mass is 9.99. The van der Waals surface area contributed by atoms with E-state index in [1.807, 2.05) is 17.8 Å². The molecule has 0 saturated carbocycles. The van der Waals surface area contributed by atoms with E-state index in [1.165, 1.54) is 11.1 Å². The maximum Gasteiger partial charge on any atom is 0.193 e. The van der Waals surface area contributed by atoms with Crippen molar-refractivity contribution in [1.82, 2.24) is 0 Å². The number of thioether (sulfide) groups is 1. The largest absolute Gasteiger partial charge is 0.381 e. The Kier molecular flexibility index (Phi) is 5.53. The van der Waals surface area contributed by atoms with Gasteiger partial charge in [0, 0.05) is 23.6 Å². The lowest BCUT2D eigenvalue weighted by Crippen LogP contribution is -2.37. The van der Waals surface area contributed by atoms with Gasteiger partial charge in [-0.25, -0.2) is 0 Å². The molecule has 1 aromatic rings. The number of nitrogens with zero attached hydrogens (tertiary/aromatic N) is 1. The molecule has 0 bridgehead atoms. The highest BCUT2D eigenvalue weighted by Crippen LogP contribution is 2.33. The maximum atomic E-state index is 6.02. The van der Waals surface area contributed by atoms with Crippen molar-refractivity contribution < 1.29 is 4.74 Å². The van der Waals surface area contributed by atoms with Crippen LogP contribution >= 0.6 is 11.8 Å². The monoisotopic (exact) mass is 307 g/mol. The molecule has 4 nitrogen and oxygen atoms in total. The Morgan fingerprint density at radius 1 is 1.33 bits per heavy atom. The number of guanidine groups is 1. The maximum absolute atomic E-state index is 6.02. The van der Waals surface area contributed by atoms with Crippen molar-refractivity contribution >= 4 is 23.4 Å². The molecule has 0 spiro atoms. The molecule has 1 saturated heterocycles. The number of nitrogens with one attached hydrogen (secondary N) is 1. The second kappa shape index (κ2) is 7.18. The summed E-state index contributed by atoms with van der Waals surface area (Å²) in [7, 11) is 0. The zero-order chi connectivity index (χ0) is 15.3. The van der Waals surface area contributed by atoms with Crippen LogP contribution in [0.4, 0.5) is 5.69 Å². The minimum Gasteiger partial charge on any atom is -0.381 e. The van der Waals surface area contributed by atoms with Crippen molar-refractivity contribution in [3.63, 3.8) is 0 Å². The smallest absolute Gasteiger partial charge is 0.193 e. The van der Waals surface area contributed by atoms with E-state index in [0.717, 1.165) is 38.3 Å². The van der Waals surface area contributed by atoms with Gasteiger partial charge in [-0.15, -0.1) is 0 Å². The van der Waals surface area contributed by atoms with Crippen molar-refractivity contribution in [2.24, 2.45) is 10.7 Å². The normalized spacial score (nSPS) is 18.5. The second-order valence-electron chi connectivity index (χ2n) is 5.63. The van der Waals surface area contributed by atoms with Crippen LogP contribution in [0.1, 0.15) is 24.0 Å². The van der Waals surface area contributed by atoms with Gasteiger partial charge in [-0.2, -0.15) is 11.8 Å². The van der Waals surface area contributed by atoms with Crippen LogP contribution in [0.15, 0.2) is 23.2 Å². The molecule has 1 heterocycles. The van der Waals surface area contributed by atoms with Gasteiger partial charge in [0.25, 0.3) is 0 Å². The molecule has 0 aliphatic carbocycles. The van der Waals surface area contributed by atoms with Crippen LogP contribution in [0, 0.1) is 13.8 Å². The number of aliphatic imine (C=N–C) groups is 1. The molecule has 1 fully saturated rings. The summed E-state index contributed by atoms with van der Waals surface area (Å²) in [4.78, 5) is 4.55. The Bertz CT molecular complexity index is 510. The van der Waals surface area contributed by atoms with Gasteiger partial charge in [0.05, 0.1) is 6.54 Å². The van der Waals surface area contributed by atoms with Gasteiger partial charge in [-0.1, -0.05) is 6.07 Å². The molecule has 1 aliphatic heterocycles. The first kappa shape index (κ1) is 16.2. The van der Waals surface area contributed by atoms with Gasteiger partial charge in [0.2, 0.25) is 0 Å². The van der Waals surface area contributed by atoms with Crippen LogP contribution in [-0.4, -0.2) is 36.7 Å². The molecule has 21 heavy (non-hydrogen) atoms. The van der Waals surface area contributed by atoms with Crippen LogP contribution < -0.4 is 11.1 Å². The molecule has 1 aromatic carbocycles. The topological polar surface area (TPSA) is 59.6 Å². The summed E-state index contributed by atoms with van der Waals surface area (Å²) >= 11 is 1.88. The number of rotatable bonds is 4. The third-order valence-corrected chi connectivity index (χ3v) is 5.56. The van der Waals surface area contributed by atoms with E-state index >= 15 is 0 Å². The first-order chi connectivity index (χ1) is 10.0. The van der Waals surface area contributed by atoms with Crippen LogP contribution in [0.5, 0.6) is 0 Å². The third-order valence-electron chi connectivity index (χ3n) is 4.15. The predicted molar refractivity (Wildman–Crippen MR) is 92.3 cm³/mol. The number of nitrogens with two attached hydrogens (primary N) is 1. The lowest BCUT2D eigenvalue weighted by Gasteiger charge is -2.34. The van der Waals surface area contributed by atoms with E-state index in [9.17, 15) is 0 Å². The highest BCUT2D eigenvalue weighted by molar-refractivity contribution is 8.00. The highest BCUT2D eigenvalue weighted by Gasteiger charge is 2.31. The van der Waals surface area contributed by atoms with E-state index in [4.69, 9.17) is 10.5 Å². The molecule has 1 aliphatic rings. The molecule has 0 aromatic heterocycles. The molecule has 0 amide bonds. The highest BCUT2D eigenvalue weighted by atomic mass is 32.2. The van der Waals surface area contributed by atoms with Gasteiger partial charge in [0.1, 0.15) is 0 Å². The zero-order valence-electron chi connectivity index (χ0n) is 13.1. The zero-order valence-corrected chi connectivity index (χ0v) is 13.9. The molecular weight excluding hydrogens is 282 g/mol. The number of benzene rings is 1. The van der Waals surface area contributed by atoms with Gasteiger partial charge in [-0.05, 0) is 56.2 Å². The molecule has 0 unspecified atom stereocenters. The van der Waals surface area contributed by atoms with Crippen LogP contribution in [-0.2, 0) is 4.74 Å². The summed E-state index contributed by atoms with van der Waals surface area (Å²) in [6.45, 7) is 6.57. The van der Waals surface area contributed by atoms with Gasteiger partial charge in [-0.3, -0.25) is 4.99 Å². The second-order valence-corrected chi connectivity index (χ2v) is 6.90. The van der Waals surface area contributed by atoms with Gasteiger partial charge >= 0.3 is 0 Å². The fourth-order valence-corrected chi connectivity index (χ4v) is 3.17. The van der Waals surface area contributed by atoms with Gasteiger partial charge < -0.3 is 15.8 Å². The number of anilines is 1. The van der Waals surface area contributed by atoms with Crippen LogP contribution in [0.2, 0.25) is 0 Å². The van der Waals surface area contributed by atoms with Crippen molar-refractivity contribution in [3.8, 4) is 0 Å².